The van der Waals surface area contributed by atoms with Crippen LogP contribution in [0.3, 0.4) is 0 Å². The van der Waals surface area contributed by atoms with Crippen LogP contribution in [0.4, 0.5) is 0 Å². The molecule has 0 radical (unpaired) electrons. The number of carbonyl (C=O) groups excluding carboxylic acids is 2. The Kier molecular flexibility index (Phi) is 9.55. The van der Waals surface area contributed by atoms with Crippen molar-refractivity contribution in [2.24, 2.45) is 22.8 Å². The molecule has 4 rings (SSSR count). The molecule has 1 aliphatic carbocycles. The van der Waals surface area contributed by atoms with Gasteiger partial charge in [0.1, 0.15) is 6.34 Å². The Morgan fingerprint density at radius 3 is 2.65 bits per heavy atom. The molecule has 13 nitrogen and oxygen atoms in total. The number of nitrogens with zero attached hydrogens (tertiary/aromatic N) is 2. The third-order valence-corrected chi connectivity index (χ3v) is 8.52. The molecule has 2 aromatic carbocycles. The summed E-state index contributed by atoms with van der Waals surface area (Å²) in [7, 11) is -3.95. The molecule has 4 atom stereocenters. The van der Waals surface area contributed by atoms with E-state index in [2.05, 4.69) is 20.5 Å². The topological polar surface area (TPSA) is 193 Å². The third-order valence-electron chi connectivity index (χ3n) is 7.06. The second kappa shape index (κ2) is 13.1. The van der Waals surface area contributed by atoms with Crippen LogP contribution >= 0.6 is 0 Å². The molecule has 1 heterocycles. The molecule has 0 bridgehead atoms. The number of fused-ring (bicyclic) bond motifs is 1. The number of nitrogens with two attached hydrogens (primary N) is 1. The number of hydrogen-bond donors (Lipinski definition) is 5. The Morgan fingerprint density at radius 1 is 1.12 bits per heavy atom. The van der Waals surface area contributed by atoms with E-state index >= 15 is 0 Å². The number of carbonyl (C=O) groups is 3. The van der Waals surface area contributed by atoms with E-state index in [1.807, 2.05) is 29.2 Å². The summed E-state index contributed by atoms with van der Waals surface area (Å²) in [5, 5.41) is 19.3. The fourth-order valence-electron chi connectivity index (χ4n) is 4.93. The monoisotopic (exact) mass is 574 g/mol. The molecule has 216 valence electrons. The fourth-order valence-corrected chi connectivity index (χ4v) is 6.27. The minimum atomic E-state index is -3.95. The van der Waals surface area contributed by atoms with Crippen molar-refractivity contribution in [3.05, 3.63) is 42.5 Å². The largest absolute Gasteiger partial charge is 0.481 e. The number of aliphatic carboxylic acids is 1. The number of morpholine rings is 1. The van der Waals surface area contributed by atoms with Crippen molar-refractivity contribution >= 4 is 44.9 Å². The zero-order valence-electron chi connectivity index (χ0n) is 21.9. The van der Waals surface area contributed by atoms with Crippen molar-refractivity contribution in [3.63, 3.8) is 0 Å². The van der Waals surface area contributed by atoms with Crippen LogP contribution in [0, 0.1) is 11.8 Å². The van der Waals surface area contributed by atoms with Gasteiger partial charge in [-0.1, -0.05) is 30.3 Å². The molecule has 0 spiro atoms. The van der Waals surface area contributed by atoms with Gasteiger partial charge in [-0.2, -0.15) is 5.10 Å². The number of carboxylic acids is 1. The highest BCUT2D eigenvalue weighted by Crippen LogP contribution is 2.43. The molecular formula is C26H34N6O7S. The maximum atomic E-state index is 13.3. The van der Waals surface area contributed by atoms with Crippen molar-refractivity contribution in [2.75, 3.05) is 32.8 Å². The third kappa shape index (κ3) is 7.67. The van der Waals surface area contributed by atoms with Gasteiger partial charge in [-0.05, 0) is 35.2 Å². The number of sulfonamides is 1. The standard InChI is InChI=1S/C26H34N6O7S/c27-30-16-32-11-12-39-19(15-32)14-29-26(36)24-21(7-8-22(33)28-10-9-23(34)35)25(24)31-40(37,38)20-6-5-17-3-1-2-4-18(17)13-20/h1-6,13,16,19,21,24-25,31H,7-12,14-15,27H2,(H,28,33)(H,29,36)(H,34,35)/t19-,21?,24+,25+/m1/s1. The van der Waals surface area contributed by atoms with Crippen molar-refractivity contribution in [3.8, 4) is 0 Å². The number of ether oxygens (including phenoxy) is 1. The van der Waals surface area contributed by atoms with Crippen LogP contribution in [-0.4, -0.2) is 87.5 Å². The number of carboxylic acid groups (broad SMARTS) is 1. The lowest BCUT2D eigenvalue weighted by molar-refractivity contribution is -0.137. The van der Waals surface area contributed by atoms with Gasteiger partial charge in [0, 0.05) is 38.6 Å². The molecule has 40 heavy (non-hydrogen) atoms. The highest BCUT2D eigenvalue weighted by atomic mass is 32.2. The lowest BCUT2D eigenvalue weighted by atomic mass is 10.1. The smallest absolute Gasteiger partial charge is 0.305 e. The quantitative estimate of drug-likeness (QED) is 0.0934. The summed E-state index contributed by atoms with van der Waals surface area (Å²) in [5.74, 6) is 2.42. The number of nitrogens with one attached hydrogen (secondary N) is 3. The number of hydrogen-bond acceptors (Lipinski definition) is 8. The van der Waals surface area contributed by atoms with E-state index < -0.39 is 33.9 Å². The average Bonchev–Trinajstić information content (AvgIpc) is 3.61. The van der Waals surface area contributed by atoms with Crippen molar-refractivity contribution < 1.29 is 32.6 Å². The first-order chi connectivity index (χ1) is 19.2. The Hall–Kier alpha value is -3.75. The maximum Gasteiger partial charge on any atom is 0.305 e. The summed E-state index contributed by atoms with van der Waals surface area (Å²) in [4.78, 5) is 38.0. The molecule has 2 amide bonds. The molecule has 1 saturated heterocycles. The fraction of sp³-hybridized carbons (Fsp3) is 0.462. The predicted octanol–water partition coefficient (Wildman–Crippen LogP) is -0.177. The molecule has 1 saturated carbocycles. The normalized spacial score (nSPS) is 22.8. The van der Waals surface area contributed by atoms with Gasteiger partial charge < -0.3 is 31.2 Å². The van der Waals surface area contributed by atoms with Gasteiger partial charge in [0.15, 0.2) is 0 Å². The van der Waals surface area contributed by atoms with Crippen LogP contribution in [0.2, 0.25) is 0 Å². The molecule has 1 unspecified atom stereocenters. The van der Waals surface area contributed by atoms with Crippen LogP contribution in [0.25, 0.3) is 10.8 Å². The molecule has 14 heteroatoms. The van der Waals surface area contributed by atoms with Crippen LogP contribution in [-0.2, 0) is 29.1 Å². The van der Waals surface area contributed by atoms with Gasteiger partial charge >= 0.3 is 5.97 Å². The van der Waals surface area contributed by atoms with E-state index in [0.29, 0.717) is 19.7 Å². The number of amides is 2. The Labute approximate surface area is 232 Å². The first-order valence-electron chi connectivity index (χ1n) is 13.0. The molecule has 2 aromatic rings. The molecule has 1 aliphatic heterocycles. The van der Waals surface area contributed by atoms with Gasteiger partial charge in [0.05, 0.1) is 29.9 Å². The van der Waals surface area contributed by atoms with E-state index in [1.165, 1.54) is 12.4 Å². The minimum absolute atomic E-state index is 0.00591. The number of hydrazone groups is 1. The lowest BCUT2D eigenvalue weighted by Crippen LogP contribution is -2.47. The van der Waals surface area contributed by atoms with Crippen molar-refractivity contribution in [2.45, 2.75) is 36.3 Å². The molecule has 2 aliphatic rings. The summed E-state index contributed by atoms with van der Waals surface area (Å²) in [6.07, 6.45) is 1.30. The van der Waals surface area contributed by atoms with Crippen molar-refractivity contribution in [1.82, 2.24) is 20.3 Å². The van der Waals surface area contributed by atoms with E-state index in [9.17, 15) is 22.8 Å². The average molecular weight is 575 g/mol. The Morgan fingerprint density at radius 2 is 1.90 bits per heavy atom. The Bertz CT molecular complexity index is 1370. The predicted molar refractivity (Wildman–Crippen MR) is 147 cm³/mol. The second-order valence-electron chi connectivity index (χ2n) is 9.88. The van der Waals surface area contributed by atoms with Gasteiger partial charge in [-0.15, -0.1) is 0 Å². The highest BCUT2D eigenvalue weighted by Gasteiger charge is 2.56. The van der Waals surface area contributed by atoms with Crippen LogP contribution < -0.4 is 21.2 Å². The summed E-state index contributed by atoms with van der Waals surface area (Å²) < 4.78 is 34.9. The van der Waals surface area contributed by atoms with E-state index in [-0.39, 0.29) is 55.2 Å². The van der Waals surface area contributed by atoms with E-state index in [0.717, 1.165) is 10.8 Å². The summed E-state index contributed by atoms with van der Waals surface area (Å²) in [6.45, 7) is 1.78. The SMILES string of the molecule is NN=CN1CCO[C@H](CNC(=O)[C@H]2C(CCC(=O)NCCC(=O)O)[C@@H]2NS(=O)(=O)c2ccc3ccccc3c2)C1. The first kappa shape index (κ1) is 29.2. The molecule has 2 fully saturated rings. The summed E-state index contributed by atoms with van der Waals surface area (Å²) in [5.41, 5.74) is 0. The Balaban J connectivity index is 1.40. The van der Waals surface area contributed by atoms with Crippen molar-refractivity contribution in [1.29, 1.82) is 0 Å². The van der Waals surface area contributed by atoms with Crippen LogP contribution in [0.1, 0.15) is 19.3 Å². The second-order valence-corrected chi connectivity index (χ2v) is 11.6. The molecular weight excluding hydrogens is 540 g/mol. The number of benzene rings is 2. The minimum Gasteiger partial charge on any atom is -0.481 e. The first-order valence-corrected chi connectivity index (χ1v) is 14.5. The summed E-state index contributed by atoms with van der Waals surface area (Å²) >= 11 is 0. The number of rotatable bonds is 13. The van der Waals surface area contributed by atoms with Gasteiger partial charge in [-0.3, -0.25) is 14.4 Å². The van der Waals surface area contributed by atoms with E-state index in [1.54, 1.807) is 12.1 Å². The highest BCUT2D eigenvalue weighted by molar-refractivity contribution is 7.89. The van der Waals surface area contributed by atoms with Gasteiger partial charge in [0.25, 0.3) is 0 Å². The van der Waals surface area contributed by atoms with Crippen LogP contribution in [0.15, 0.2) is 52.5 Å². The molecule has 6 N–H and O–H groups in total. The van der Waals surface area contributed by atoms with Crippen LogP contribution in [0.5, 0.6) is 0 Å². The zero-order valence-corrected chi connectivity index (χ0v) is 22.7. The van der Waals surface area contributed by atoms with Gasteiger partial charge in [0.2, 0.25) is 21.8 Å². The molecule has 0 aromatic heterocycles. The summed E-state index contributed by atoms with van der Waals surface area (Å²) in [6, 6.07) is 11.5. The van der Waals surface area contributed by atoms with E-state index in [4.69, 9.17) is 15.7 Å². The maximum absolute atomic E-state index is 13.3. The van der Waals surface area contributed by atoms with Gasteiger partial charge in [-0.25, -0.2) is 13.1 Å². The zero-order chi connectivity index (χ0) is 28.7. The lowest BCUT2D eigenvalue weighted by Gasteiger charge is -2.31.